The molecule has 3 heteroatoms. The van der Waals surface area contributed by atoms with Crippen molar-refractivity contribution in [3.8, 4) is 6.07 Å². The Hall–Kier alpha value is -0.850. The molecular weight excluding hydrogens is 276 g/mol. The van der Waals surface area contributed by atoms with Gasteiger partial charge in [-0.05, 0) is 24.8 Å². The fourth-order valence-electron chi connectivity index (χ4n) is 1.80. The fourth-order valence-corrected chi connectivity index (χ4v) is 2.29. The minimum atomic E-state index is -0.0924. The second-order valence-corrected chi connectivity index (χ2v) is 5.52. The molecule has 0 N–H and O–H groups in total. The van der Waals surface area contributed by atoms with Crippen molar-refractivity contribution in [2.24, 2.45) is 5.92 Å². The highest BCUT2D eigenvalue weighted by molar-refractivity contribution is 9.07. The molecule has 0 aliphatic carbocycles. The number of halogens is 1. The van der Waals surface area contributed by atoms with E-state index in [9.17, 15) is 5.26 Å². The molecule has 0 saturated heterocycles. The first-order chi connectivity index (χ1) is 8.06. The minimum Gasteiger partial charge on any atom is -0.218 e. The first-order valence-electron chi connectivity index (χ1n) is 5.95. The number of hydrogen-bond donors (Lipinski definition) is 0. The Balaban J connectivity index is 2.75. The van der Waals surface area contributed by atoms with Crippen LogP contribution in [0.5, 0.6) is 0 Å². The number of benzene rings is 1. The van der Waals surface area contributed by atoms with Gasteiger partial charge in [0.1, 0.15) is 6.04 Å². The Labute approximate surface area is 113 Å². The predicted molar refractivity (Wildman–Crippen MR) is 74.5 cm³/mol. The molecule has 1 aromatic rings. The molecule has 0 fully saturated rings. The van der Waals surface area contributed by atoms with Gasteiger partial charge in [-0.25, -0.2) is 3.93 Å². The maximum atomic E-state index is 9.22. The lowest BCUT2D eigenvalue weighted by Gasteiger charge is -2.27. The lowest BCUT2D eigenvalue weighted by atomic mass is 10.0. The van der Waals surface area contributed by atoms with Gasteiger partial charge in [-0.1, -0.05) is 44.2 Å². The molecule has 2 nitrogen and oxygen atoms in total. The zero-order valence-electron chi connectivity index (χ0n) is 10.6. The van der Waals surface area contributed by atoms with Crippen LogP contribution in [-0.4, -0.2) is 9.97 Å². The zero-order valence-corrected chi connectivity index (χ0v) is 12.2. The Morgan fingerprint density at radius 2 is 1.82 bits per heavy atom. The summed E-state index contributed by atoms with van der Waals surface area (Å²) in [6, 6.07) is 12.7. The normalized spacial score (nSPS) is 14.6. The molecule has 0 radical (unpaired) electrons. The first-order valence-corrected chi connectivity index (χ1v) is 6.65. The Kier molecular flexibility index (Phi) is 5.67. The van der Waals surface area contributed by atoms with Crippen LogP contribution in [0.1, 0.15) is 38.8 Å². The lowest BCUT2D eigenvalue weighted by molar-refractivity contribution is 0.312. The highest BCUT2D eigenvalue weighted by Crippen LogP contribution is 2.27. The smallest absolute Gasteiger partial charge is 0.108 e. The second kappa shape index (κ2) is 6.78. The highest BCUT2D eigenvalue weighted by atomic mass is 79.9. The van der Waals surface area contributed by atoms with Gasteiger partial charge in [0, 0.05) is 22.2 Å². The van der Waals surface area contributed by atoms with E-state index in [-0.39, 0.29) is 12.1 Å². The van der Waals surface area contributed by atoms with E-state index in [4.69, 9.17) is 0 Å². The van der Waals surface area contributed by atoms with Gasteiger partial charge >= 0.3 is 0 Å². The van der Waals surface area contributed by atoms with Crippen molar-refractivity contribution in [2.45, 2.75) is 39.3 Å². The van der Waals surface area contributed by atoms with E-state index in [0.29, 0.717) is 5.92 Å². The molecule has 0 saturated carbocycles. The Morgan fingerprint density at radius 3 is 2.29 bits per heavy atom. The van der Waals surface area contributed by atoms with Gasteiger partial charge in [-0.3, -0.25) is 0 Å². The first kappa shape index (κ1) is 14.2. The lowest BCUT2D eigenvalue weighted by Crippen LogP contribution is -2.29. The second-order valence-electron chi connectivity index (χ2n) is 4.71. The van der Waals surface area contributed by atoms with Crippen molar-refractivity contribution in [3.63, 3.8) is 0 Å². The predicted octanol–water partition coefficient (Wildman–Crippen LogP) is 4.30. The number of rotatable bonds is 5. The van der Waals surface area contributed by atoms with Crippen LogP contribution >= 0.6 is 16.1 Å². The van der Waals surface area contributed by atoms with Crippen molar-refractivity contribution >= 4 is 16.1 Å². The fraction of sp³-hybridized carbons (Fsp3) is 0.500. The standard InChI is InChI=1S/C14H19BrN2/c1-11(2)9-14(10-16)17(15)12(3)13-7-5-4-6-8-13/h4-8,11-12,14H,9H2,1-3H3. The molecule has 1 rings (SSSR count). The number of nitrogens with zero attached hydrogens (tertiary/aromatic N) is 2. The quantitative estimate of drug-likeness (QED) is 0.757. The van der Waals surface area contributed by atoms with E-state index in [0.717, 1.165) is 6.42 Å². The molecule has 0 heterocycles. The van der Waals surface area contributed by atoms with Crippen molar-refractivity contribution in [1.29, 1.82) is 5.26 Å². The third-order valence-electron chi connectivity index (χ3n) is 2.79. The molecule has 0 aromatic heterocycles. The van der Waals surface area contributed by atoms with Crippen LogP contribution in [0.15, 0.2) is 30.3 Å². The summed E-state index contributed by atoms with van der Waals surface area (Å²) in [6.07, 6.45) is 0.874. The average Bonchev–Trinajstić information content (AvgIpc) is 2.35. The third kappa shape index (κ3) is 4.14. The summed E-state index contributed by atoms with van der Waals surface area (Å²) in [4.78, 5) is 0. The molecule has 1 aromatic carbocycles. The number of nitriles is 1. The third-order valence-corrected chi connectivity index (χ3v) is 3.90. The van der Waals surface area contributed by atoms with E-state index in [2.05, 4.69) is 55.1 Å². The molecular formula is C14H19BrN2. The van der Waals surface area contributed by atoms with Crippen LogP contribution in [0.2, 0.25) is 0 Å². The Morgan fingerprint density at radius 1 is 1.24 bits per heavy atom. The summed E-state index contributed by atoms with van der Waals surface area (Å²) in [5, 5.41) is 9.22. The van der Waals surface area contributed by atoms with E-state index < -0.39 is 0 Å². The summed E-state index contributed by atoms with van der Waals surface area (Å²) in [5.74, 6) is 0.516. The summed E-state index contributed by atoms with van der Waals surface area (Å²) in [6.45, 7) is 6.38. The molecule has 17 heavy (non-hydrogen) atoms. The molecule has 0 bridgehead atoms. The summed E-state index contributed by atoms with van der Waals surface area (Å²) >= 11 is 3.55. The van der Waals surface area contributed by atoms with Crippen LogP contribution in [0.25, 0.3) is 0 Å². The maximum absolute atomic E-state index is 9.22. The van der Waals surface area contributed by atoms with Crippen molar-refractivity contribution in [3.05, 3.63) is 35.9 Å². The molecule has 0 spiro atoms. The molecule has 0 aliphatic heterocycles. The van der Waals surface area contributed by atoms with E-state index in [1.165, 1.54) is 5.56 Å². The topological polar surface area (TPSA) is 27.0 Å². The van der Waals surface area contributed by atoms with Crippen LogP contribution < -0.4 is 0 Å². The monoisotopic (exact) mass is 294 g/mol. The van der Waals surface area contributed by atoms with Gasteiger partial charge in [-0.15, -0.1) is 0 Å². The summed E-state index contributed by atoms with van der Waals surface area (Å²) in [7, 11) is 0. The average molecular weight is 295 g/mol. The summed E-state index contributed by atoms with van der Waals surface area (Å²) in [5.41, 5.74) is 1.22. The highest BCUT2D eigenvalue weighted by Gasteiger charge is 2.23. The largest absolute Gasteiger partial charge is 0.218 e. The van der Waals surface area contributed by atoms with Crippen molar-refractivity contribution in [1.82, 2.24) is 3.93 Å². The molecule has 92 valence electrons. The maximum Gasteiger partial charge on any atom is 0.108 e. The van der Waals surface area contributed by atoms with Crippen LogP contribution in [0, 0.1) is 17.2 Å². The van der Waals surface area contributed by atoms with Crippen molar-refractivity contribution in [2.75, 3.05) is 0 Å². The zero-order chi connectivity index (χ0) is 12.8. The van der Waals surface area contributed by atoms with Gasteiger partial charge < -0.3 is 0 Å². The van der Waals surface area contributed by atoms with Crippen molar-refractivity contribution < 1.29 is 0 Å². The summed E-state index contributed by atoms with van der Waals surface area (Å²) < 4.78 is 1.97. The van der Waals surface area contributed by atoms with Gasteiger partial charge in [0.25, 0.3) is 0 Å². The number of hydrogen-bond acceptors (Lipinski definition) is 2. The van der Waals surface area contributed by atoms with Crippen LogP contribution in [0.4, 0.5) is 0 Å². The van der Waals surface area contributed by atoms with Gasteiger partial charge in [0.2, 0.25) is 0 Å². The van der Waals surface area contributed by atoms with E-state index in [1.807, 2.05) is 22.1 Å². The molecule has 0 aliphatic rings. The SMILES string of the molecule is CC(C)CC(C#N)N(Br)C(C)c1ccccc1. The van der Waals surface area contributed by atoms with Gasteiger partial charge in [0.15, 0.2) is 0 Å². The molecule has 2 atom stereocenters. The molecule has 2 unspecified atom stereocenters. The van der Waals surface area contributed by atoms with Gasteiger partial charge in [0.05, 0.1) is 6.07 Å². The van der Waals surface area contributed by atoms with E-state index >= 15 is 0 Å². The minimum absolute atomic E-state index is 0.0924. The van der Waals surface area contributed by atoms with E-state index in [1.54, 1.807) is 0 Å². The van der Waals surface area contributed by atoms with Gasteiger partial charge in [-0.2, -0.15) is 5.26 Å². The Bertz CT molecular complexity index is 370. The van der Waals surface area contributed by atoms with Crippen LogP contribution in [0.3, 0.4) is 0 Å². The van der Waals surface area contributed by atoms with Crippen LogP contribution in [-0.2, 0) is 0 Å². The molecule has 0 amide bonds.